The number of aromatic nitrogens is 1. The van der Waals surface area contributed by atoms with Crippen LogP contribution in [0.25, 0.3) is 0 Å². The lowest BCUT2D eigenvalue weighted by Crippen LogP contribution is -2.47. The van der Waals surface area contributed by atoms with Crippen molar-refractivity contribution in [1.82, 2.24) is 15.6 Å². The van der Waals surface area contributed by atoms with E-state index < -0.39 is 6.10 Å². The van der Waals surface area contributed by atoms with Gasteiger partial charge in [-0.1, -0.05) is 6.07 Å². The van der Waals surface area contributed by atoms with Crippen LogP contribution in [0.4, 0.5) is 0 Å². The molecule has 6 nitrogen and oxygen atoms in total. The lowest BCUT2D eigenvalue weighted by molar-refractivity contribution is -0.134. The summed E-state index contributed by atoms with van der Waals surface area (Å²) in [6.07, 6.45) is 1.24. The zero-order valence-electron chi connectivity index (χ0n) is 10.3. The molecule has 1 unspecified atom stereocenters. The van der Waals surface area contributed by atoms with E-state index in [1.54, 1.807) is 13.3 Å². The van der Waals surface area contributed by atoms with Gasteiger partial charge in [-0.15, -0.1) is 0 Å². The molecular formula is C12H17N3O3. The third kappa shape index (κ3) is 3.18. The standard InChI is InChI=1S/C12H17N3O3/c1-17-12-9(3-2-4-14-12)7-15-11(16)10-8-13-5-6-18-10/h2-4,10,13H,5-8H2,1H3,(H,15,16). The summed E-state index contributed by atoms with van der Waals surface area (Å²) in [7, 11) is 1.56. The van der Waals surface area contributed by atoms with Gasteiger partial charge >= 0.3 is 0 Å². The number of methoxy groups -OCH3 is 1. The number of rotatable bonds is 4. The SMILES string of the molecule is COc1ncccc1CNC(=O)C1CNCCO1. The highest BCUT2D eigenvalue weighted by Gasteiger charge is 2.21. The average molecular weight is 251 g/mol. The van der Waals surface area contributed by atoms with Gasteiger partial charge in [0.05, 0.1) is 13.7 Å². The molecular weight excluding hydrogens is 234 g/mol. The number of nitrogens with zero attached hydrogens (tertiary/aromatic N) is 1. The van der Waals surface area contributed by atoms with Crippen molar-refractivity contribution in [3.05, 3.63) is 23.9 Å². The van der Waals surface area contributed by atoms with Crippen molar-refractivity contribution in [1.29, 1.82) is 0 Å². The van der Waals surface area contributed by atoms with Crippen molar-refractivity contribution >= 4 is 5.91 Å². The van der Waals surface area contributed by atoms with Crippen molar-refractivity contribution in [2.24, 2.45) is 0 Å². The molecule has 2 N–H and O–H groups in total. The molecule has 18 heavy (non-hydrogen) atoms. The van der Waals surface area contributed by atoms with Gasteiger partial charge in [0.2, 0.25) is 5.88 Å². The lowest BCUT2D eigenvalue weighted by atomic mass is 10.2. The van der Waals surface area contributed by atoms with Gasteiger partial charge in [-0.25, -0.2) is 4.98 Å². The fourth-order valence-electron chi connectivity index (χ4n) is 1.77. The van der Waals surface area contributed by atoms with Gasteiger partial charge in [0, 0.05) is 31.4 Å². The third-order valence-corrected chi connectivity index (χ3v) is 2.72. The molecule has 2 rings (SSSR count). The molecule has 1 fully saturated rings. The maximum Gasteiger partial charge on any atom is 0.250 e. The minimum Gasteiger partial charge on any atom is -0.481 e. The number of hydrogen-bond acceptors (Lipinski definition) is 5. The van der Waals surface area contributed by atoms with Crippen LogP contribution in [0.15, 0.2) is 18.3 Å². The molecule has 98 valence electrons. The first-order chi connectivity index (χ1) is 8.81. The van der Waals surface area contributed by atoms with Crippen LogP contribution in [0.2, 0.25) is 0 Å². The minimum atomic E-state index is -0.415. The molecule has 1 aliphatic rings. The zero-order chi connectivity index (χ0) is 12.8. The molecule has 0 aromatic carbocycles. The second-order valence-electron chi connectivity index (χ2n) is 3.95. The van der Waals surface area contributed by atoms with E-state index in [0.717, 1.165) is 12.1 Å². The molecule has 0 bridgehead atoms. The van der Waals surface area contributed by atoms with Crippen molar-refractivity contribution in [2.45, 2.75) is 12.6 Å². The predicted octanol–water partition coefficient (Wildman–Crippen LogP) is -0.305. The lowest BCUT2D eigenvalue weighted by Gasteiger charge is -2.22. The van der Waals surface area contributed by atoms with Crippen LogP contribution in [0.1, 0.15) is 5.56 Å². The van der Waals surface area contributed by atoms with Gasteiger partial charge in [0.25, 0.3) is 5.91 Å². The van der Waals surface area contributed by atoms with Crippen LogP contribution in [0.5, 0.6) is 5.88 Å². The van der Waals surface area contributed by atoms with E-state index in [2.05, 4.69) is 15.6 Å². The molecule has 1 aromatic heterocycles. The maximum absolute atomic E-state index is 11.8. The van der Waals surface area contributed by atoms with E-state index in [9.17, 15) is 4.79 Å². The molecule has 1 aliphatic heterocycles. The van der Waals surface area contributed by atoms with Gasteiger partial charge in [-0.3, -0.25) is 4.79 Å². The Bertz CT molecular complexity index is 405. The normalized spacial score (nSPS) is 19.3. The van der Waals surface area contributed by atoms with Gasteiger partial charge in [0.1, 0.15) is 6.10 Å². The quantitative estimate of drug-likeness (QED) is 0.768. The highest BCUT2D eigenvalue weighted by Crippen LogP contribution is 2.12. The van der Waals surface area contributed by atoms with E-state index in [1.807, 2.05) is 12.1 Å². The van der Waals surface area contributed by atoms with Crippen LogP contribution < -0.4 is 15.4 Å². The summed E-state index contributed by atoms with van der Waals surface area (Å²) in [5.74, 6) is 0.411. The summed E-state index contributed by atoms with van der Waals surface area (Å²) in [5.41, 5.74) is 0.845. The summed E-state index contributed by atoms with van der Waals surface area (Å²) < 4.78 is 10.5. The molecule has 0 spiro atoms. The Morgan fingerprint density at radius 3 is 3.33 bits per heavy atom. The Morgan fingerprint density at radius 2 is 2.61 bits per heavy atom. The largest absolute Gasteiger partial charge is 0.481 e. The van der Waals surface area contributed by atoms with E-state index in [1.165, 1.54) is 0 Å². The molecule has 0 radical (unpaired) electrons. The molecule has 0 saturated carbocycles. The first-order valence-corrected chi connectivity index (χ1v) is 5.89. The fourth-order valence-corrected chi connectivity index (χ4v) is 1.77. The number of morpholine rings is 1. The predicted molar refractivity (Wildman–Crippen MR) is 65.2 cm³/mol. The Labute approximate surface area is 106 Å². The summed E-state index contributed by atoms with van der Waals surface area (Å²) >= 11 is 0. The molecule has 1 atom stereocenters. The van der Waals surface area contributed by atoms with Crippen molar-refractivity contribution in [3.8, 4) is 5.88 Å². The number of hydrogen-bond donors (Lipinski definition) is 2. The Balaban J connectivity index is 1.88. The van der Waals surface area contributed by atoms with Crippen LogP contribution in [0, 0.1) is 0 Å². The van der Waals surface area contributed by atoms with Crippen LogP contribution in [0.3, 0.4) is 0 Å². The Kier molecular flexibility index (Phi) is 4.49. The minimum absolute atomic E-state index is 0.117. The molecule has 1 saturated heterocycles. The molecule has 2 heterocycles. The number of carbonyl (C=O) groups excluding carboxylic acids is 1. The van der Waals surface area contributed by atoms with Crippen LogP contribution in [-0.4, -0.2) is 43.8 Å². The topological polar surface area (TPSA) is 72.5 Å². The molecule has 6 heteroatoms. The zero-order valence-corrected chi connectivity index (χ0v) is 10.3. The van der Waals surface area contributed by atoms with Gasteiger partial charge < -0.3 is 20.1 Å². The van der Waals surface area contributed by atoms with E-state index >= 15 is 0 Å². The van der Waals surface area contributed by atoms with Gasteiger partial charge in [0.15, 0.2) is 0 Å². The monoisotopic (exact) mass is 251 g/mol. The third-order valence-electron chi connectivity index (χ3n) is 2.72. The van der Waals surface area contributed by atoms with Crippen molar-refractivity contribution in [3.63, 3.8) is 0 Å². The second-order valence-corrected chi connectivity index (χ2v) is 3.95. The Morgan fingerprint density at radius 1 is 1.72 bits per heavy atom. The number of carbonyl (C=O) groups is 1. The van der Waals surface area contributed by atoms with E-state index in [-0.39, 0.29) is 5.91 Å². The smallest absolute Gasteiger partial charge is 0.250 e. The first kappa shape index (κ1) is 12.8. The van der Waals surface area contributed by atoms with E-state index in [4.69, 9.17) is 9.47 Å². The summed E-state index contributed by atoms with van der Waals surface area (Å²) in [6.45, 7) is 2.29. The number of nitrogens with one attached hydrogen (secondary N) is 2. The maximum atomic E-state index is 11.8. The van der Waals surface area contributed by atoms with Crippen molar-refractivity contribution in [2.75, 3.05) is 26.8 Å². The fraction of sp³-hybridized carbons (Fsp3) is 0.500. The van der Waals surface area contributed by atoms with E-state index in [0.29, 0.717) is 25.6 Å². The van der Waals surface area contributed by atoms with Crippen LogP contribution in [-0.2, 0) is 16.1 Å². The molecule has 1 amide bonds. The average Bonchev–Trinajstić information content (AvgIpc) is 2.46. The number of ether oxygens (including phenoxy) is 2. The summed E-state index contributed by atoms with van der Waals surface area (Å²) in [5, 5.41) is 5.93. The van der Waals surface area contributed by atoms with Crippen LogP contribution >= 0.6 is 0 Å². The highest BCUT2D eigenvalue weighted by atomic mass is 16.5. The molecule has 1 aromatic rings. The van der Waals surface area contributed by atoms with Gasteiger partial charge in [-0.2, -0.15) is 0 Å². The number of amides is 1. The Hall–Kier alpha value is -1.66. The first-order valence-electron chi connectivity index (χ1n) is 5.89. The summed E-state index contributed by atoms with van der Waals surface area (Å²) in [4.78, 5) is 15.9. The highest BCUT2D eigenvalue weighted by molar-refractivity contribution is 5.81. The number of pyridine rings is 1. The molecule has 0 aliphatic carbocycles. The second kappa shape index (κ2) is 6.32. The van der Waals surface area contributed by atoms with Crippen molar-refractivity contribution < 1.29 is 14.3 Å². The van der Waals surface area contributed by atoms with Gasteiger partial charge in [-0.05, 0) is 6.07 Å². The summed E-state index contributed by atoms with van der Waals surface area (Å²) in [6, 6.07) is 3.68.